The molecule has 1 saturated carbocycles. The third-order valence-electron chi connectivity index (χ3n) is 6.70. The number of thioether (sulfide) groups is 1. The molecule has 1 fully saturated rings. The molecule has 3 rings (SSSR count). The summed E-state index contributed by atoms with van der Waals surface area (Å²) in [7, 11) is 0. The highest BCUT2D eigenvalue weighted by atomic mass is 32.2. The van der Waals surface area contributed by atoms with Crippen LogP contribution in [0.1, 0.15) is 71.1 Å². The van der Waals surface area contributed by atoms with Crippen LogP contribution < -0.4 is 10.3 Å². The molecule has 0 aliphatic heterocycles. The third kappa shape index (κ3) is 9.19. The Balaban J connectivity index is 1.53. The Labute approximate surface area is 218 Å². The zero-order valence-electron chi connectivity index (χ0n) is 21.6. The Hall–Kier alpha value is -2.48. The van der Waals surface area contributed by atoms with E-state index in [1.807, 2.05) is 23.1 Å². The summed E-state index contributed by atoms with van der Waals surface area (Å²) in [6, 6.07) is 8.86. The normalized spacial score (nSPS) is 14.9. The van der Waals surface area contributed by atoms with E-state index in [-0.39, 0.29) is 17.4 Å². The van der Waals surface area contributed by atoms with E-state index >= 15 is 0 Å². The first-order valence-corrected chi connectivity index (χ1v) is 14.6. The number of H-pyrrole nitrogens is 1. The third-order valence-corrected chi connectivity index (χ3v) is 7.39. The summed E-state index contributed by atoms with van der Waals surface area (Å²) < 4.78 is 11.5. The van der Waals surface area contributed by atoms with Crippen LogP contribution in [0, 0.1) is 5.92 Å². The summed E-state index contributed by atoms with van der Waals surface area (Å²) in [4.78, 5) is 41.3. The van der Waals surface area contributed by atoms with Crippen LogP contribution in [-0.2, 0) is 14.3 Å². The van der Waals surface area contributed by atoms with Gasteiger partial charge in [-0.15, -0.1) is 0 Å². The molecule has 1 aliphatic carbocycles. The first-order chi connectivity index (χ1) is 17.5. The molecular weight excluding hydrogens is 476 g/mol. The molecule has 0 spiro atoms. The number of esters is 1. The molecule has 0 radical (unpaired) electrons. The van der Waals surface area contributed by atoms with Crippen molar-refractivity contribution in [1.29, 1.82) is 0 Å². The van der Waals surface area contributed by atoms with Gasteiger partial charge < -0.3 is 19.4 Å². The Kier molecular flexibility index (Phi) is 11.7. The van der Waals surface area contributed by atoms with Crippen molar-refractivity contribution in [2.45, 2.75) is 77.4 Å². The number of carbonyl (C=O) groups excluding carboxylic acids is 2. The molecule has 1 atom stereocenters. The van der Waals surface area contributed by atoms with E-state index in [0.717, 1.165) is 48.1 Å². The molecule has 7 nitrogen and oxygen atoms in total. The Morgan fingerprint density at radius 2 is 1.92 bits per heavy atom. The number of amides is 1. The van der Waals surface area contributed by atoms with Crippen molar-refractivity contribution in [3.8, 4) is 5.75 Å². The smallest absolute Gasteiger partial charge is 0.304 e. The number of carbonyl (C=O) groups is 2. The van der Waals surface area contributed by atoms with Crippen LogP contribution in [0.4, 0.5) is 0 Å². The average Bonchev–Trinajstić information content (AvgIpc) is 2.87. The van der Waals surface area contributed by atoms with Gasteiger partial charge in [-0.25, -0.2) is 0 Å². The summed E-state index contributed by atoms with van der Waals surface area (Å²) in [5.41, 5.74) is 0.650. The lowest BCUT2D eigenvalue weighted by molar-refractivity contribution is -0.165. The fourth-order valence-corrected chi connectivity index (χ4v) is 5.29. The zero-order valence-corrected chi connectivity index (χ0v) is 22.4. The maximum absolute atomic E-state index is 13.3. The number of pyridine rings is 1. The standard InChI is InChI=1S/C28H40N2O5S/c1-21(31)35-28(12-8-18-36-2)30(20-22-9-4-3-5-10-22)27(33)11-6-7-17-34-24-14-15-25-23(19-24)13-16-26(32)29-25/h13-16,19,22,28H,3-12,17-18,20H2,1-2H3,(H,29,32). The maximum atomic E-state index is 13.3. The summed E-state index contributed by atoms with van der Waals surface area (Å²) in [5, 5.41) is 0.915. The number of unbranched alkanes of at least 4 members (excludes halogenated alkanes) is 1. The summed E-state index contributed by atoms with van der Waals surface area (Å²) in [6.45, 7) is 2.60. The lowest BCUT2D eigenvalue weighted by atomic mass is 9.88. The molecular formula is C28H40N2O5S. The van der Waals surface area contributed by atoms with Crippen LogP contribution in [0.25, 0.3) is 10.9 Å². The fourth-order valence-electron chi connectivity index (χ4n) is 4.83. The number of hydrogen-bond acceptors (Lipinski definition) is 6. The minimum atomic E-state index is -0.482. The van der Waals surface area contributed by atoms with E-state index < -0.39 is 6.23 Å². The number of aromatic nitrogens is 1. The topological polar surface area (TPSA) is 88.7 Å². The SMILES string of the molecule is CSCCCC(OC(C)=O)N(CC1CCCCC1)C(=O)CCCCOc1ccc2[nH]c(=O)ccc2c1. The molecule has 1 aliphatic rings. The van der Waals surface area contributed by atoms with Gasteiger partial charge in [0.05, 0.1) is 6.61 Å². The van der Waals surface area contributed by atoms with E-state index in [0.29, 0.717) is 38.3 Å². The molecule has 1 aromatic heterocycles. The fraction of sp³-hybridized carbons (Fsp3) is 0.607. The van der Waals surface area contributed by atoms with Gasteiger partial charge in [-0.3, -0.25) is 14.4 Å². The minimum absolute atomic E-state index is 0.0608. The predicted octanol–water partition coefficient (Wildman–Crippen LogP) is 5.52. The van der Waals surface area contributed by atoms with Gasteiger partial charge in [0, 0.05) is 43.3 Å². The highest BCUT2D eigenvalue weighted by molar-refractivity contribution is 7.98. The molecule has 198 valence electrons. The van der Waals surface area contributed by atoms with Gasteiger partial charge >= 0.3 is 5.97 Å². The number of hydrogen-bond donors (Lipinski definition) is 1. The van der Waals surface area contributed by atoms with Crippen molar-refractivity contribution < 1.29 is 19.1 Å². The second kappa shape index (κ2) is 14.9. The van der Waals surface area contributed by atoms with Crippen molar-refractivity contribution in [2.75, 3.05) is 25.2 Å². The molecule has 1 unspecified atom stereocenters. The number of rotatable bonds is 14. The zero-order chi connectivity index (χ0) is 25.8. The molecule has 0 saturated heterocycles. The molecule has 1 aromatic carbocycles. The van der Waals surface area contributed by atoms with Gasteiger partial charge in [-0.05, 0) is 74.3 Å². The highest BCUT2D eigenvalue weighted by Crippen LogP contribution is 2.27. The molecule has 1 amide bonds. The molecule has 0 bridgehead atoms. The maximum Gasteiger partial charge on any atom is 0.304 e. The van der Waals surface area contributed by atoms with Gasteiger partial charge in [-0.2, -0.15) is 11.8 Å². The van der Waals surface area contributed by atoms with Crippen LogP contribution in [0.3, 0.4) is 0 Å². The van der Waals surface area contributed by atoms with Gasteiger partial charge in [-0.1, -0.05) is 19.3 Å². The highest BCUT2D eigenvalue weighted by Gasteiger charge is 2.28. The van der Waals surface area contributed by atoms with E-state index in [1.165, 1.54) is 32.3 Å². The van der Waals surface area contributed by atoms with Crippen LogP contribution in [0.15, 0.2) is 35.1 Å². The lowest BCUT2D eigenvalue weighted by Gasteiger charge is -2.35. The quantitative estimate of drug-likeness (QED) is 0.202. The lowest BCUT2D eigenvalue weighted by Crippen LogP contribution is -2.45. The van der Waals surface area contributed by atoms with Gasteiger partial charge in [0.2, 0.25) is 11.5 Å². The van der Waals surface area contributed by atoms with Crippen molar-refractivity contribution >= 4 is 34.5 Å². The van der Waals surface area contributed by atoms with Crippen LogP contribution in [0.2, 0.25) is 0 Å². The number of ether oxygens (including phenoxy) is 2. The minimum Gasteiger partial charge on any atom is -0.494 e. The second-order valence-corrected chi connectivity index (χ2v) is 10.6. The monoisotopic (exact) mass is 516 g/mol. The van der Waals surface area contributed by atoms with Gasteiger partial charge in [0.25, 0.3) is 0 Å². The average molecular weight is 517 g/mol. The van der Waals surface area contributed by atoms with Gasteiger partial charge in [0.15, 0.2) is 6.23 Å². The number of benzene rings is 1. The van der Waals surface area contributed by atoms with Crippen LogP contribution in [-0.4, -0.2) is 53.1 Å². The first kappa shape index (κ1) is 28.1. The number of aromatic amines is 1. The second-order valence-electron chi connectivity index (χ2n) is 9.63. The largest absolute Gasteiger partial charge is 0.494 e. The Bertz CT molecular complexity index is 1030. The van der Waals surface area contributed by atoms with Crippen molar-refractivity contribution in [1.82, 2.24) is 9.88 Å². The summed E-state index contributed by atoms with van der Waals surface area (Å²) in [5.74, 6) is 1.92. The Morgan fingerprint density at radius 1 is 1.11 bits per heavy atom. The van der Waals surface area contributed by atoms with E-state index in [4.69, 9.17) is 9.47 Å². The van der Waals surface area contributed by atoms with Gasteiger partial charge in [0.1, 0.15) is 5.75 Å². The van der Waals surface area contributed by atoms with Crippen LogP contribution in [0.5, 0.6) is 5.75 Å². The summed E-state index contributed by atoms with van der Waals surface area (Å²) >= 11 is 1.76. The molecule has 36 heavy (non-hydrogen) atoms. The predicted molar refractivity (Wildman–Crippen MR) is 145 cm³/mol. The van der Waals surface area contributed by atoms with Crippen molar-refractivity contribution in [2.24, 2.45) is 5.92 Å². The van der Waals surface area contributed by atoms with E-state index in [9.17, 15) is 14.4 Å². The van der Waals surface area contributed by atoms with Crippen molar-refractivity contribution in [3.63, 3.8) is 0 Å². The number of fused-ring (bicyclic) bond motifs is 1. The van der Waals surface area contributed by atoms with Crippen molar-refractivity contribution in [3.05, 3.63) is 40.7 Å². The number of nitrogens with zero attached hydrogens (tertiary/aromatic N) is 1. The molecule has 1 heterocycles. The van der Waals surface area contributed by atoms with Crippen LogP contribution >= 0.6 is 11.8 Å². The number of nitrogens with one attached hydrogen (secondary N) is 1. The van der Waals surface area contributed by atoms with E-state index in [1.54, 1.807) is 17.8 Å². The summed E-state index contributed by atoms with van der Waals surface area (Å²) in [6.07, 6.45) is 11.0. The first-order valence-electron chi connectivity index (χ1n) is 13.2. The molecule has 2 aromatic rings. The Morgan fingerprint density at radius 3 is 2.67 bits per heavy atom. The molecule has 1 N–H and O–H groups in total. The molecule has 8 heteroatoms. The van der Waals surface area contributed by atoms with E-state index in [2.05, 4.69) is 11.2 Å².